The van der Waals surface area contributed by atoms with Gasteiger partial charge in [-0.1, -0.05) is 17.8 Å². The van der Waals surface area contributed by atoms with E-state index < -0.39 is 0 Å². The zero-order chi connectivity index (χ0) is 16.4. The molecule has 1 spiro atoms. The van der Waals surface area contributed by atoms with Gasteiger partial charge in [0.2, 0.25) is 5.91 Å². The normalized spacial score (nSPS) is 19.8. The Morgan fingerprint density at radius 1 is 1.12 bits per heavy atom. The molecular weight excluding hydrogens is 391 g/mol. The average Bonchev–Trinajstić information content (AvgIpc) is 3.30. The first-order chi connectivity index (χ1) is 11.8. The predicted molar refractivity (Wildman–Crippen MR) is 108 cm³/mol. The molecule has 1 atom stereocenters. The van der Waals surface area contributed by atoms with E-state index in [1.165, 1.54) is 11.8 Å². The number of carbonyl (C=O) groups is 1. The van der Waals surface area contributed by atoms with E-state index in [2.05, 4.69) is 20.6 Å². The van der Waals surface area contributed by atoms with Crippen LogP contribution in [0.4, 0.5) is 5.69 Å². The summed E-state index contributed by atoms with van der Waals surface area (Å²) >= 11 is 1.49. The van der Waals surface area contributed by atoms with Gasteiger partial charge in [0.05, 0.1) is 0 Å². The van der Waals surface area contributed by atoms with Crippen molar-refractivity contribution >= 4 is 48.2 Å². The zero-order valence-corrected chi connectivity index (χ0v) is 16.6. The van der Waals surface area contributed by atoms with Crippen LogP contribution in [0.25, 0.3) is 0 Å². The molecule has 1 amide bonds. The number of rotatable bonds is 4. The minimum absolute atomic E-state index is 0. The van der Waals surface area contributed by atoms with Gasteiger partial charge in [-0.2, -0.15) is 0 Å². The van der Waals surface area contributed by atoms with Gasteiger partial charge in [-0.3, -0.25) is 4.79 Å². The maximum absolute atomic E-state index is 12.5. The second-order valence-corrected chi connectivity index (χ2v) is 7.55. The third-order valence-corrected chi connectivity index (χ3v) is 5.84. The van der Waals surface area contributed by atoms with Crippen molar-refractivity contribution in [2.75, 3.05) is 18.4 Å². The molecule has 2 N–H and O–H groups in total. The van der Waals surface area contributed by atoms with Crippen molar-refractivity contribution in [3.8, 4) is 0 Å². The van der Waals surface area contributed by atoms with Crippen LogP contribution in [0.5, 0.6) is 0 Å². The molecule has 2 fully saturated rings. The molecule has 0 radical (unpaired) electrons. The van der Waals surface area contributed by atoms with Gasteiger partial charge < -0.3 is 10.6 Å². The third-order valence-electron chi connectivity index (χ3n) is 4.95. The second kappa shape index (κ2) is 9.04. The lowest BCUT2D eigenvalue weighted by atomic mass is 9.92. The number of halogens is 2. The molecule has 8 heteroatoms. The molecule has 2 aromatic heterocycles. The van der Waals surface area contributed by atoms with Gasteiger partial charge in [0.15, 0.2) is 0 Å². The maximum Gasteiger partial charge on any atom is 0.228 e. The Morgan fingerprint density at radius 2 is 1.88 bits per heavy atom. The number of amides is 1. The molecule has 2 aliphatic rings. The fraction of sp³-hybridized carbons (Fsp3) is 0.389. The van der Waals surface area contributed by atoms with Gasteiger partial charge in [-0.25, -0.2) is 9.97 Å². The summed E-state index contributed by atoms with van der Waals surface area (Å²) in [4.78, 5) is 21.2. The quantitative estimate of drug-likeness (QED) is 0.798. The lowest BCUT2D eigenvalue weighted by Gasteiger charge is -2.23. The van der Waals surface area contributed by atoms with Crippen molar-refractivity contribution in [2.45, 2.75) is 29.3 Å². The fourth-order valence-corrected chi connectivity index (χ4v) is 4.26. The number of aromatic nitrogens is 2. The van der Waals surface area contributed by atoms with Crippen molar-refractivity contribution in [3.63, 3.8) is 0 Å². The highest BCUT2D eigenvalue weighted by Gasteiger charge is 2.57. The topological polar surface area (TPSA) is 66.9 Å². The monoisotopic (exact) mass is 412 g/mol. The van der Waals surface area contributed by atoms with Crippen LogP contribution in [0.2, 0.25) is 0 Å². The van der Waals surface area contributed by atoms with Gasteiger partial charge in [-0.05, 0) is 62.0 Å². The van der Waals surface area contributed by atoms with E-state index in [9.17, 15) is 4.79 Å². The van der Waals surface area contributed by atoms with E-state index in [1.54, 1.807) is 12.4 Å². The van der Waals surface area contributed by atoms with E-state index >= 15 is 0 Å². The van der Waals surface area contributed by atoms with E-state index in [0.29, 0.717) is 0 Å². The predicted octanol–water partition coefficient (Wildman–Crippen LogP) is 3.80. The molecule has 26 heavy (non-hydrogen) atoms. The maximum atomic E-state index is 12.5. The molecule has 1 saturated carbocycles. The van der Waals surface area contributed by atoms with E-state index in [1.807, 2.05) is 30.3 Å². The number of piperidine rings is 1. The third kappa shape index (κ3) is 4.68. The van der Waals surface area contributed by atoms with Crippen LogP contribution in [0, 0.1) is 11.3 Å². The van der Waals surface area contributed by atoms with Crippen LogP contribution in [0.3, 0.4) is 0 Å². The number of carbonyl (C=O) groups excluding carboxylic acids is 1. The SMILES string of the molecule is Cl.Cl.O=C(Nc1ccnc(Sc2ccccn2)c1)C1CC12CCNCC2. The molecule has 0 aromatic carbocycles. The van der Waals surface area contributed by atoms with Gasteiger partial charge in [0, 0.05) is 24.0 Å². The number of anilines is 1. The minimum Gasteiger partial charge on any atom is -0.326 e. The van der Waals surface area contributed by atoms with Gasteiger partial charge >= 0.3 is 0 Å². The Kier molecular flexibility index (Phi) is 7.29. The number of hydrogen-bond acceptors (Lipinski definition) is 5. The molecule has 140 valence electrons. The number of nitrogens with one attached hydrogen (secondary N) is 2. The Morgan fingerprint density at radius 3 is 2.62 bits per heavy atom. The van der Waals surface area contributed by atoms with Crippen molar-refractivity contribution in [2.24, 2.45) is 11.3 Å². The van der Waals surface area contributed by atoms with Crippen molar-refractivity contribution in [3.05, 3.63) is 42.7 Å². The molecule has 0 bridgehead atoms. The standard InChI is InChI=1S/C18H20N4OS.2ClH/c23-17(14-12-18(14)5-9-19-10-6-18)22-13-4-8-21-16(11-13)24-15-3-1-2-7-20-15;;/h1-4,7-8,11,14,19H,5-6,9-10,12H2,(H,21,22,23);2*1H. The molecule has 3 heterocycles. The smallest absolute Gasteiger partial charge is 0.228 e. The van der Waals surface area contributed by atoms with Gasteiger partial charge in [0.1, 0.15) is 10.1 Å². The summed E-state index contributed by atoms with van der Waals surface area (Å²) in [7, 11) is 0. The summed E-state index contributed by atoms with van der Waals surface area (Å²) in [5.41, 5.74) is 1.07. The van der Waals surface area contributed by atoms with Gasteiger partial charge in [0.25, 0.3) is 0 Å². The Labute approximate surface area is 170 Å². The van der Waals surface area contributed by atoms with Crippen LogP contribution in [-0.2, 0) is 4.79 Å². The number of pyridine rings is 2. The summed E-state index contributed by atoms with van der Waals surface area (Å²) < 4.78 is 0. The molecule has 1 aliphatic carbocycles. The van der Waals surface area contributed by atoms with Crippen LogP contribution < -0.4 is 10.6 Å². The number of nitrogens with zero attached hydrogens (tertiary/aromatic N) is 2. The minimum atomic E-state index is 0. The first-order valence-corrected chi connectivity index (χ1v) is 9.13. The molecule has 1 unspecified atom stereocenters. The zero-order valence-electron chi connectivity index (χ0n) is 14.2. The van der Waals surface area contributed by atoms with Crippen molar-refractivity contribution in [1.29, 1.82) is 0 Å². The summed E-state index contributed by atoms with van der Waals surface area (Å²) in [5.74, 6) is 0.316. The van der Waals surface area contributed by atoms with Crippen LogP contribution in [0.15, 0.2) is 52.8 Å². The lowest BCUT2D eigenvalue weighted by Crippen LogP contribution is -2.31. The molecular formula is C18H22Cl2N4OS. The second-order valence-electron chi connectivity index (χ2n) is 6.51. The molecule has 1 saturated heterocycles. The highest BCUT2D eigenvalue weighted by atomic mass is 35.5. The highest BCUT2D eigenvalue weighted by Crippen LogP contribution is 2.58. The summed E-state index contributed by atoms with van der Waals surface area (Å²) in [6.07, 6.45) is 6.75. The Hall–Kier alpha value is -1.34. The summed E-state index contributed by atoms with van der Waals surface area (Å²) in [6.45, 7) is 2.06. The lowest BCUT2D eigenvalue weighted by molar-refractivity contribution is -0.118. The van der Waals surface area contributed by atoms with Gasteiger partial charge in [-0.15, -0.1) is 24.8 Å². The van der Waals surface area contributed by atoms with Crippen molar-refractivity contribution < 1.29 is 4.79 Å². The highest BCUT2D eigenvalue weighted by molar-refractivity contribution is 7.99. The fourth-order valence-electron chi connectivity index (χ4n) is 3.48. The van der Waals surface area contributed by atoms with E-state index in [-0.39, 0.29) is 42.1 Å². The van der Waals surface area contributed by atoms with Crippen LogP contribution in [-0.4, -0.2) is 29.0 Å². The summed E-state index contributed by atoms with van der Waals surface area (Å²) in [5, 5.41) is 8.17. The number of hydrogen-bond donors (Lipinski definition) is 2. The summed E-state index contributed by atoms with van der Waals surface area (Å²) in [6, 6.07) is 9.54. The Bertz CT molecular complexity index is 741. The first kappa shape index (κ1) is 21.0. The van der Waals surface area contributed by atoms with E-state index in [4.69, 9.17) is 0 Å². The van der Waals surface area contributed by atoms with Crippen molar-refractivity contribution in [1.82, 2.24) is 15.3 Å². The Balaban J connectivity index is 0.00000121. The largest absolute Gasteiger partial charge is 0.326 e. The first-order valence-electron chi connectivity index (χ1n) is 8.32. The van der Waals surface area contributed by atoms with Crippen LogP contribution in [0.1, 0.15) is 19.3 Å². The molecule has 5 nitrogen and oxygen atoms in total. The van der Waals surface area contributed by atoms with E-state index in [0.717, 1.165) is 48.1 Å². The average molecular weight is 413 g/mol. The molecule has 4 rings (SSSR count). The van der Waals surface area contributed by atoms with Crippen LogP contribution >= 0.6 is 36.6 Å². The molecule has 1 aliphatic heterocycles. The molecule has 2 aromatic rings.